The van der Waals surface area contributed by atoms with Gasteiger partial charge in [0.05, 0.1) is 14.1 Å². The van der Waals surface area contributed by atoms with Crippen molar-refractivity contribution in [1.29, 1.82) is 0 Å². The lowest BCUT2D eigenvalue weighted by Crippen LogP contribution is -3.09. The van der Waals surface area contributed by atoms with Crippen molar-refractivity contribution >= 4 is 11.6 Å². The molecule has 24 heavy (non-hydrogen) atoms. The van der Waals surface area contributed by atoms with Crippen molar-refractivity contribution in [2.45, 2.75) is 13.0 Å². The van der Waals surface area contributed by atoms with Crippen LogP contribution >= 0.6 is 0 Å². The summed E-state index contributed by atoms with van der Waals surface area (Å²) in [5.41, 5.74) is 2.32. The van der Waals surface area contributed by atoms with Gasteiger partial charge in [-0.15, -0.1) is 0 Å². The van der Waals surface area contributed by atoms with Crippen LogP contribution < -0.4 is 15.5 Å². The zero-order valence-corrected chi connectivity index (χ0v) is 14.5. The molecule has 0 bridgehead atoms. The topological polar surface area (TPSA) is 50.1 Å². The number of quaternary nitrogens is 2. The van der Waals surface area contributed by atoms with Crippen LogP contribution in [0.1, 0.15) is 17.2 Å². The zero-order valence-electron chi connectivity index (χ0n) is 14.5. The summed E-state index contributed by atoms with van der Waals surface area (Å²) in [6, 6.07) is 15.3. The van der Waals surface area contributed by atoms with Crippen LogP contribution in [-0.2, 0) is 4.79 Å². The fraction of sp³-hybridized carbons (Fsp3) is 0.316. The van der Waals surface area contributed by atoms with Gasteiger partial charge in [0.25, 0.3) is 5.91 Å². The average molecular weight is 331 g/mol. The Morgan fingerprint density at radius 2 is 1.92 bits per heavy atom. The smallest absolute Gasteiger partial charge is 0.279 e. The second kappa shape index (κ2) is 8.57. The van der Waals surface area contributed by atoms with E-state index >= 15 is 0 Å². The number of halogens is 1. The standard InChI is InChI=1S/C19H24FN3O/c1-14-9-10-16(11-17(14)20)22-19(24)13-21-12-18(23(2)3)15-7-5-4-6-8-15/h4-11,18,21H,12-13H2,1-3H3,(H,22,24)/p+2/t18-/m0/s1. The Hall–Kier alpha value is -2.24. The Morgan fingerprint density at radius 1 is 1.21 bits per heavy atom. The van der Waals surface area contributed by atoms with E-state index in [9.17, 15) is 9.18 Å². The predicted octanol–water partition coefficient (Wildman–Crippen LogP) is 0.522. The maximum absolute atomic E-state index is 13.5. The summed E-state index contributed by atoms with van der Waals surface area (Å²) >= 11 is 0. The summed E-state index contributed by atoms with van der Waals surface area (Å²) in [6.07, 6.45) is 0. The first-order chi connectivity index (χ1) is 11.5. The van der Waals surface area contributed by atoms with E-state index in [4.69, 9.17) is 0 Å². The minimum atomic E-state index is -0.308. The normalized spacial score (nSPS) is 12.2. The molecule has 128 valence electrons. The molecule has 0 aliphatic heterocycles. The monoisotopic (exact) mass is 331 g/mol. The molecule has 2 aromatic rings. The number of carbonyl (C=O) groups excluding carboxylic acids is 1. The van der Waals surface area contributed by atoms with Crippen molar-refractivity contribution in [3.05, 3.63) is 65.5 Å². The first-order valence-electron chi connectivity index (χ1n) is 8.20. The predicted molar refractivity (Wildman–Crippen MR) is 93.4 cm³/mol. The molecule has 2 aromatic carbocycles. The summed E-state index contributed by atoms with van der Waals surface area (Å²) in [6.45, 7) is 2.82. The number of rotatable bonds is 7. The molecule has 1 amide bonds. The van der Waals surface area contributed by atoms with Crippen LogP contribution in [0, 0.1) is 12.7 Å². The highest BCUT2D eigenvalue weighted by atomic mass is 19.1. The van der Waals surface area contributed by atoms with Gasteiger partial charge in [-0.3, -0.25) is 4.79 Å². The molecule has 4 N–H and O–H groups in total. The maximum Gasteiger partial charge on any atom is 0.279 e. The van der Waals surface area contributed by atoms with Gasteiger partial charge in [-0.05, 0) is 24.6 Å². The van der Waals surface area contributed by atoms with Crippen LogP contribution in [0.5, 0.6) is 0 Å². The molecule has 0 fully saturated rings. The SMILES string of the molecule is Cc1ccc(NC(=O)C[NH2+]C[C@@H](c2ccccc2)[NH+](C)C)cc1F. The highest BCUT2D eigenvalue weighted by Crippen LogP contribution is 2.13. The van der Waals surface area contributed by atoms with E-state index in [1.807, 2.05) is 23.5 Å². The van der Waals surface area contributed by atoms with Gasteiger partial charge in [0.15, 0.2) is 12.6 Å². The molecule has 0 aromatic heterocycles. The molecule has 0 unspecified atom stereocenters. The summed E-state index contributed by atoms with van der Waals surface area (Å²) in [7, 11) is 4.22. The van der Waals surface area contributed by atoms with E-state index in [0.717, 1.165) is 6.54 Å². The third-order valence-corrected chi connectivity index (χ3v) is 4.09. The molecule has 0 saturated heterocycles. The van der Waals surface area contributed by atoms with Crippen molar-refractivity contribution in [1.82, 2.24) is 0 Å². The first-order valence-corrected chi connectivity index (χ1v) is 8.20. The van der Waals surface area contributed by atoms with Crippen molar-refractivity contribution in [3.8, 4) is 0 Å². The number of hydrogen-bond acceptors (Lipinski definition) is 1. The minimum absolute atomic E-state index is 0.126. The molecule has 0 radical (unpaired) electrons. The zero-order chi connectivity index (χ0) is 17.5. The Balaban J connectivity index is 1.85. The van der Waals surface area contributed by atoms with Crippen molar-refractivity contribution < 1.29 is 19.4 Å². The molecule has 0 heterocycles. The van der Waals surface area contributed by atoms with E-state index < -0.39 is 0 Å². The number of nitrogens with two attached hydrogens (primary N) is 1. The molecule has 2 rings (SSSR count). The van der Waals surface area contributed by atoms with Crippen LogP contribution in [-0.4, -0.2) is 33.1 Å². The fourth-order valence-electron chi connectivity index (χ4n) is 2.65. The van der Waals surface area contributed by atoms with Crippen molar-refractivity contribution in [3.63, 3.8) is 0 Å². The van der Waals surface area contributed by atoms with Gasteiger partial charge in [-0.25, -0.2) is 4.39 Å². The second-order valence-electron chi connectivity index (χ2n) is 6.28. The van der Waals surface area contributed by atoms with Gasteiger partial charge >= 0.3 is 0 Å². The van der Waals surface area contributed by atoms with E-state index in [0.29, 0.717) is 23.8 Å². The Morgan fingerprint density at radius 3 is 2.54 bits per heavy atom. The summed E-state index contributed by atoms with van der Waals surface area (Å²) < 4.78 is 13.5. The van der Waals surface area contributed by atoms with Gasteiger partial charge in [-0.2, -0.15) is 0 Å². The van der Waals surface area contributed by atoms with E-state index in [1.165, 1.54) is 16.5 Å². The van der Waals surface area contributed by atoms with Gasteiger partial charge in [0.1, 0.15) is 12.4 Å². The van der Waals surface area contributed by atoms with Crippen LogP contribution in [0.2, 0.25) is 0 Å². The molecular weight excluding hydrogens is 305 g/mol. The summed E-state index contributed by atoms with van der Waals surface area (Å²) in [5, 5.41) is 4.73. The highest BCUT2D eigenvalue weighted by Gasteiger charge is 2.20. The van der Waals surface area contributed by atoms with Crippen molar-refractivity contribution in [2.75, 3.05) is 32.5 Å². The van der Waals surface area contributed by atoms with Crippen LogP contribution in [0.15, 0.2) is 48.5 Å². The van der Waals surface area contributed by atoms with Gasteiger partial charge < -0.3 is 15.5 Å². The van der Waals surface area contributed by atoms with Crippen molar-refractivity contribution in [2.24, 2.45) is 0 Å². The number of aryl methyl sites for hydroxylation is 1. The average Bonchev–Trinajstić information content (AvgIpc) is 2.55. The first kappa shape index (κ1) is 18.1. The molecule has 5 heteroatoms. The lowest BCUT2D eigenvalue weighted by molar-refractivity contribution is -0.908. The van der Waals surface area contributed by atoms with E-state index in [1.54, 1.807) is 19.1 Å². The molecular formula is C19H26FN3O+2. The summed E-state index contributed by atoms with van der Waals surface area (Å²) in [4.78, 5) is 13.3. The molecule has 0 aliphatic carbocycles. The van der Waals surface area contributed by atoms with Gasteiger partial charge in [0, 0.05) is 11.3 Å². The Kier molecular flexibility index (Phi) is 6.46. The third kappa shape index (κ3) is 5.15. The number of anilines is 1. The molecule has 0 saturated carbocycles. The summed E-state index contributed by atoms with van der Waals surface area (Å²) in [5.74, 6) is -0.434. The number of likely N-dealkylation sites (N-methyl/N-ethyl adjacent to an activating group) is 1. The minimum Gasteiger partial charge on any atom is -0.333 e. The fourth-order valence-corrected chi connectivity index (χ4v) is 2.65. The molecule has 0 spiro atoms. The number of amides is 1. The van der Waals surface area contributed by atoms with Gasteiger partial charge in [-0.1, -0.05) is 36.4 Å². The largest absolute Gasteiger partial charge is 0.333 e. The van der Waals surface area contributed by atoms with Crippen LogP contribution in [0.25, 0.3) is 0 Å². The third-order valence-electron chi connectivity index (χ3n) is 4.09. The quantitative estimate of drug-likeness (QED) is 0.681. The molecule has 0 aliphatic rings. The number of benzene rings is 2. The van der Waals surface area contributed by atoms with Gasteiger partial charge in [0.2, 0.25) is 0 Å². The molecule has 4 nitrogen and oxygen atoms in total. The Bertz CT molecular complexity index is 674. The lowest BCUT2D eigenvalue weighted by atomic mass is 10.1. The number of nitrogens with one attached hydrogen (secondary N) is 2. The second-order valence-corrected chi connectivity index (χ2v) is 6.28. The molecule has 1 atom stereocenters. The van der Waals surface area contributed by atoms with Crippen LogP contribution in [0.4, 0.5) is 10.1 Å². The Labute approximate surface area is 142 Å². The maximum atomic E-state index is 13.5. The van der Waals surface area contributed by atoms with E-state index in [-0.39, 0.29) is 11.7 Å². The highest BCUT2D eigenvalue weighted by molar-refractivity contribution is 5.91. The van der Waals surface area contributed by atoms with Crippen LogP contribution in [0.3, 0.4) is 0 Å². The van der Waals surface area contributed by atoms with E-state index in [2.05, 4.69) is 31.5 Å². The number of carbonyl (C=O) groups is 1. The lowest BCUT2D eigenvalue weighted by Gasteiger charge is -2.20. The number of hydrogen-bond donors (Lipinski definition) is 3.